The molecule has 3 aliphatic rings. The molecule has 110 valence electrons. The Morgan fingerprint density at radius 3 is 2.37 bits per heavy atom. The van der Waals surface area contributed by atoms with E-state index in [1.54, 1.807) is 0 Å². The molecule has 3 heterocycles. The van der Waals surface area contributed by atoms with Crippen LogP contribution in [0.2, 0.25) is 0 Å². The van der Waals surface area contributed by atoms with Crippen molar-refractivity contribution in [3.63, 3.8) is 0 Å². The van der Waals surface area contributed by atoms with Gasteiger partial charge in [0.1, 0.15) is 0 Å². The average molecular weight is 265 g/mol. The summed E-state index contributed by atoms with van der Waals surface area (Å²) in [6, 6.07) is 2.55. The van der Waals surface area contributed by atoms with E-state index in [1.165, 1.54) is 58.2 Å². The van der Waals surface area contributed by atoms with Crippen molar-refractivity contribution in [1.29, 1.82) is 0 Å². The van der Waals surface area contributed by atoms with Crippen LogP contribution in [-0.4, -0.2) is 60.1 Å². The molecule has 0 aromatic rings. The first-order chi connectivity index (χ1) is 9.05. The van der Waals surface area contributed by atoms with Crippen LogP contribution in [0.25, 0.3) is 0 Å². The molecule has 0 amide bonds. The van der Waals surface area contributed by atoms with Crippen molar-refractivity contribution >= 4 is 0 Å². The topological polar surface area (TPSA) is 18.5 Å². The second-order valence-electron chi connectivity index (χ2n) is 7.66. The summed E-state index contributed by atoms with van der Waals surface area (Å²) >= 11 is 0. The largest absolute Gasteiger partial charge is 0.310 e. The van der Waals surface area contributed by atoms with Crippen molar-refractivity contribution in [2.45, 2.75) is 76.0 Å². The molecule has 2 atom stereocenters. The maximum Gasteiger partial charge on any atom is 0.0252 e. The Bertz CT molecular complexity index is 301. The van der Waals surface area contributed by atoms with Gasteiger partial charge in [-0.05, 0) is 66.1 Å². The molecule has 2 bridgehead atoms. The molecule has 3 saturated heterocycles. The number of nitrogens with one attached hydrogen (secondary N) is 1. The Balaban J connectivity index is 1.68. The highest BCUT2D eigenvalue weighted by Crippen LogP contribution is 2.35. The van der Waals surface area contributed by atoms with Crippen LogP contribution in [0, 0.1) is 0 Å². The van der Waals surface area contributed by atoms with Gasteiger partial charge < -0.3 is 10.2 Å². The number of hydrogen-bond acceptors (Lipinski definition) is 3. The first-order valence-corrected chi connectivity index (χ1v) is 8.26. The van der Waals surface area contributed by atoms with Crippen LogP contribution in [0.4, 0.5) is 0 Å². The average Bonchev–Trinajstić information content (AvgIpc) is 2.50. The van der Waals surface area contributed by atoms with Crippen LogP contribution in [-0.2, 0) is 0 Å². The van der Waals surface area contributed by atoms with E-state index in [0.717, 1.165) is 18.1 Å². The highest BCUT2D eigenvalue weighted by Gasteiger charge is 2.39. The summed E-state index contributed by atoms with van der Waals surface area (Å²) in [6.45, 7) is 8.43. The fraction of sp³-hybridized carbons (Fsp3) is 1.00. The molecule has 2 unspecified atom stereocenters. The van der Waals surface area contributed by atoms with Crippen LogP contribution in [0.1, 0.15) is 52.4 Å². The summed E-state index contributed by atoms with van der Waals surface area (Å²) in [5.74, 6) is 0. The molecule has 3 rings (SSSR count). The predicted molar refractivity (Wildman–Crippen MR) is 80.5 cm³/mol. The Morgan fingerprint density at radius 1 is 1.00 bits per heavy atom. The first-order valence-electron chi connectivity index (χ1n) is 8.26. The van der Waals surface area contributed by atoms with Gasteiger partial charge in [-0.2, -0.15) is 0 Å². The molecule has 0 aromatic carbocycles. The predicted octanol–water partition coefficient (Wildman–Crippen LogP) is 2.08. The molecule has 0 radical (unpaired) electrons. The number of rotatable bonds is 1. The van der Waals surface area contributed by atoms with Crippen LogP contribution in [0.5, 0.6) is 0 Å². The van der Waals surface area contributed by atoms with Crippen LogP contribution in [0.3, 0.4) is 0 Å². The van der Waals surface area contributed by atoms with Gasteiger partial charge in [0, 0.05) is 30.2 Å². The molecule has 3 nitrogen and oxygen atoms in total. The standard InChI is InChI=1S/C16H31N3/c1-16(2)12-19(9-5-8-17-16)15-10-13-6-4-7-14(11-15)18(13)3/h13-15,17H,4-12H2,1-3H3. The van der Waals surface area contributed by atoms with Gasteiger partial charge in [-0.15, -0.1) is 0 Å². The Morgan fingerprint density at radius 2 is 1.68 bits per heavy atom. The third-order valence-electron chi connectivity index (χ3n) is 5.66. The number of piperidine rings is 2. The number of fused-ring (bicyclic) bond motifs is 2. The summed E-state index contributed by atoms with van der Waals surface area (Å²) in [7, 11) is 2.36. The Labute approximate surface area is 118 Å². The van der Waals surface area contributed by atoms with Crippen molar-refractivity contribution < 1.29 is 0 Å². The van der Waals surface area contributed by atoms with Crippen LogP contribution >= 0.6 is 0 Å². The maximum atomic E-state index is 3.70. The van der Waals surface area contributed by atoms with Gasteiger partial charge in [0.25, 0.3) is 0 Å². The van der Waals surface area contributed by atoms with Crippen molar-refractivity contribution in [3.05, 3.63) is 0 Å². The zero-order valence-electron chi connectivity index (χ0n) is 13.0. The van der Waals surface area contributed by atoms with E-state index in [0.29, 0.717) is 0 Å². The molecule has 0 aromatic heterocycles. The van der Waals surface area contributed by atoms with E-state index in [4.69, 9.17) is 0 Å². The van der Waals surface area contributed by atoms with E-state index in [-0.39, 0.29) is 5.54 Å². The van der Waals surface area contributed by atoms with Gasteiger partial charge >= 0.3 is 0 Å². The molecule has 0 saturated carbocycles. The second kappa shape index (κ2) is 5.34. The molecular formula is C16H31N3. The summed E-state index contributed by atoms with van der Waals surface area (Å²) in [6.07, 6.45) is 8.44. The van der Waals surface area contributed by atoms with Crippen LogP contribution < -0.4 is 5.32 Å². The number of nitrogens with zero attached hydrogens (tertiary/aromatic N) is 2. The molecular weight excluding hydrogens is 234 g/mol. The highest BCUT2D eigenvalue weighted by molar-refractivity contribution is 4.96. The molecule has 3 heteroatoms. The zero-order valence-corrected chi connectivity index (χ0v) is 13.0. The second-order valence-corrected chi connectivity index (χ2v) is 7.66. The van der Waals surface area contributed by atoms with Crippen molar-refractivity contribution in [1.82, 2.24) is 15.1 Å². The summed E-state index contributed by atoms with van der Waals surface area (Å²) in [5, 5.41) is 3.70. The zero-order chi connectivity index (χ0) is 13.5. The molecule has 3 aliphatic heterocycles. The quantitative estimate of drug-likeness (QED) is 0.783. The van der Waals surface area contributed by atoms with Gasteiger partial charge in [0.15, 0.2) is 0 Å². The van der Waals surface area contributed by atoms with Gasteiger partial charge in [-0.3, -0.25) is 4.90 Å². The number of hydrogen-bond donors (Lipinski definition) is 1. The lowest BCUT2D eigenvalue weighted by Gasteiger charge is -2.50. The van der Waals surface area contributed by atoms with E-state index in [9.17, 15) is 0 Å². The van der Waals surface area contributed by atoms with Crippen molar-refractivity contribution in [3.8, 4) is 0 Å². The third-order valence-corrected chi connectivity index (χ3v) is 5.66. The van der Waals surface area contributed by atoms with Gasteiger partial charge in [0.05, 0.1) is 0 Å². The van der Waals surface area contributed by atoms with Gasteiger partial charge in [0.2, 0.25) is 0 Å². The summed E-state index contributed by atoms with van der Waals surface area (Å²) in [4.78, 5) is 5.49. The van der Waals surface area contributed by atoms with Gasteiger partial charge in [-0.1, -0.05) is 6.42 Å². The Kier molecular flexibility index (Phi) is 3.89. The molecule has 0 spiro atoms. The lowest BCUT2D eigenvalue weighted by Crippen LogP contribution is -2.57. The lowest BCUT2D eigenvalue weighted by molar-refractivity contribution is 0.00542. The fourth-order valence-corrected chi connectivity index (χ4v) is 4.55. The smallest absolute Gasteiger partial charge is 0.0252 e. The third kappa shape index (κ3) is 2.98. The normalized spacial score (nSPS) is 40.9. The molecule has 1 N–H and O–H groups in total. The monoisotopic (exact) mass is 265 g/mol. The summed E-state index contributed by atoms with van der Waals surface area (Å²) < 4.78 is 0. The maximum absolute atomic E-state index is 3.70. The van der Waals surface area contributed by atoms with Crippen molar-refractivity contribution in [2.75, 3.05) is 26.7 Å². The van der Waals surface area contributed by atoms with Crippen molar-refractivity contribution in [2.24, 2.45) is 0 Å². The van der Waals surface area contributed by atoms with E-state index in [2.05, 4.69) is 36.0 Å². The molecule has 0 aliphatic carbocycles. The minimum Gasteiger partial charge on any atom is -0.310 e. The molecule has 19 heavy (non-hydrogen) atoms. The first kappa shape index (κ1) is 13.8. The van der Waals surface area contributed by atoms with Crippen LogP contribution in [0.15, 0.2) is 0 Å². The summed E-state index contributed by atoms with van der Waals surface area (Å²) in [5.41, 5.74) is 0.287. The molecule has 3 fully saturated rings. The Hall–Kier alpha value is -0.120. The van der Waals surface area contributed by atoms with E-state index >= 15 is 0 Å². The van der Waals surface area contributed by atoms with E-state index in [1.807, 2.05) is 0 Å². The fourth-order valence-electron chi connectivity index (χ4n) is 4.55. The lowest BCUT2D eigenvalue weighted by atomic mass is 9.81. The highest BCUT2D eigenvalue weighted by atomic mass is 15.3. The van der Waals surface area contributed by atoms with Gasteiger partial charge in [-0.25, -0.2) is 0 Å². The van der Waals surface area contributed by atoms with E-state index < -0.39 is 0 Å². The SMILES string of the molecule is CN1C2CCCC1CC(N1CCCNC(C)(C)C1)C2. The minimum atomic E-state index is 0.287. The minimum absolute atomic E-state index is 0.287.